The minimum atomic E-state index is -3.82. The number of carbonyl (C=O) groups is 1. The van der Waals surface area contributed by atoms with Crippen molar-refractivity contribution < 1.29 is 17.9 Å². The van der Waals surface area contributed by atoms with Crippen LogP contribution in [0.25, 0.3) is 10.9 Å². The highest BCUT2D eigenvalue weighted by Gasteiger charge is 2.15. The summed E-state index contributed by atoms with van der Waals surface area (Å²) in [7, 11) is -2.26. The van der Waals surface area contributed by atoms with E-state index in [4.69, 9.17) is 9.88 Å². The maximum absolute atomic E-state index is 13.3. The lowest BCUT2D eigenvalue weighted by atomic mass is 10.2. The van der Waals surface area contributed by atoms with E-state index in [1.807, 2.05) is 0 Å². The normalized spacial score (nSPS) is 11.4. The van der Waals surface area contributed by atoms with Crippen molar-refractivity contribution in [3.05, 3.63) is 88.7 Å². The fourth-order valence-corrected chi connectivity index (χ4v) is 4.68. The fourth-order valence-electron chi connectivity index (χ4n) is 3.37. The zero-order chi connectivity index (χ0) is 25.0. The molecule has 9 nitrogen and oxygen atoms in total. The number of sulfonamides is 1. The zero-order valence-corrected chi connectivity index (χ0v) is 20.3. The van der Waals surface area contributed by atoms with Crippen LogP contribution in [0.1, 0.15) is 5.56 Å². The zero-order valence-electron chi connectivity index (χ0n) is 18.7. The topological polar surface area (TPSA) is 133 Å². The number of para-hydroxylation sites is 1. The molecule has 1 heterocycles. The number of hydrogen-bond acceptors (Lipinski definition) is 7. The third-order valence-corrected chi connectivity index (χ3v) is 7.03. The molecular weight excluding hydrogens is 488 g/mol. The number of rotatable bonds is 8. The number of ether oxygens (including phenoxy) is 1. The maximum Gasteiger partial charge on any atom is 0.262 e. The van der Waals surface area contributed by atoms with Crippen molar-refractivity contribution in [3.8, 4) is 5.75 Å². The number of carbonyl (C=O) groups excluding carboxylic acids is 1. The molecule has 0 aliphatic heterocycles. The van der Waals surface area contributed by atoms with Crippen LogP contribution in [-0.4, -0.2) is 36.7 Å². The molecule has 0 radical (unpaired) electrons. The molecule has 180 valence electrons. The van der Waals surface area contributed by atoms with Crippen LogP contribution in [0.5, 0.6) is 5.75 Å². The summed E-state index contributed by atoms with van der Waals surface area (Å²) in [6, 6.07) is 19.9. The average molecular weight is 511 g/mol. The van der Waals surface area contributed by atoms with E-state index < -0.39 is 10.0 Å². The second-order valence-electron chi connectivity index (χ2n) is 7.56. The molecule has 0 unspecified atom stereocenters. The van der Waals surface area contributed by atoms with E-state index in [0.717, 1.165) is 11.8 Å². The molecule has 3 N–H and O–H groups in total. The van der Waals surface area contributed by atoms with Gasteiger partial charge in [-0.25, -0.2) is 18.5 Å². The molecule has 1 aromatic heterocycles. The molecule has 0 saturated heterocycles. The van der Waals surface area contributed by atoms with E-state index in [-0.39, 0.29) is 28.7 Å². The first-order valence-electron chi connectivity index (χ1n) is 10.4. The Balaban J connectivity index is 1.59. The van der Waals surface area contributed by atoms with Crippen molar-refractivity contribution in [1.82, 2.24) is 9.55 Å². The van der Waals surface area contributed by atoms with E-state index in [9.17, 15) is 18.0 Å². The molecule has 1 amide bonds. The van der Waals surface area contributed by atoms with Crippen LogP contribution < -0.4 is 20.8 Å². The minimum absolute atomic E-state index is 0.0185. The number of nitrogens with one attached hydrogen (secondary N) is 1. The lowest BCUT2D eigenvalue weighted by Crippen LogP contribution is -2.25. The first-order chi connectivity index (χ1) is 16.7. The van der Waals surface area contributed by atoms with Gasteiger partial charge in [-0.15, -0.1) is 0 Å². The molecule has 0 aliphatic carbocycles. The highest BCUT2D eigenvalue weighted by Crippen LogP contribution is 2.21. The minimum Gasteiger partial charge on any atom is -0.497 e. The SMILES string of the molecule is COc1ccc(NC(=O)CSc2nc3ccccc3c(=O)n2Cc2ccc(S(N)(=O)=O)cc2)cc1. The highest BCUT2D eigenvalue weighted by atomic mass is 32.2. The molecule has 0 aliphatic rings. The van der Waals surface area contributed by atoms with Crippen LogP contribution in [-0.2, 0) is 21.4 Å². The van der Waals surface area contributed by atoms with Crippen molar-refractivity contribution in [2.45, 2.75) is 16.6 Å². The lowest BCUT2D eigenvalue weighted by Gasteiger charge is -2.14. The maximum atomic E-state index is 13.3. The summed E-state index contributed by atoms with van der Waals surface area (Å²) in [6.07, 6.45) is 0. The predicted molar refractivity (Wildman–Crippen MR) is 135 cm³/mol. The molecule has 0 atom stereocenters. The van der Waals surface area contributed by atoms with Gasteiger partial charge in [0.25, 0.3) is 5.56 Å². The van der Waals surface area contributed by atoms with Crippen LogP contribution in [0, 0.1) is 0 Å². The molecule has 0 bridgehead atoms. The quantitative estimate of drug-likeness (QED) is 0.275. The summed E-state index contributed by atoms with van der Waals surface area (Å²) in [5, 5.41) is 8.79. The van der Waals surface area contributed by atoms with Crippen molar-refractivity contribution in [3.63, 3.8) is 0 Å². The Labute approximate surface area is 206 Å². The number of amides is 1. The van der Waals surface area contributed by atoms with Gasteiger partial charge in [0.1, 0.15) is 5.75 Å². The van der Waals surface area contributed by atoms with Crippen molar-refractivity contribution >= 4 is 44.3 Å². The number of primary sulfonamides is 1. The Bertz CT molecular complexity index is 1530. The van der Waals surface area contributed by atoms with E-state index >= 15 is 0 Å². The van der Waals surface area contributed by atoms with Gasteiger partial charge in [-0.1, -0.05) is 36.0 Å². The van der Waals surface area contributed by atoms with Gasteiger partial charge in [-0.2, -0.15) is 0 Å². The van der Waals surface area contributed by atoms with Gasteiger partial charge in [0.15, 0.2) is 5.16 Å². The van der Waals surface area contributed by atoms with Gasteiger partial charge in [0.2, 0.25) is 15.9 Å². The molecule has 0 spiro atoms. The number of anilines is 1. The number of nitrogens with zero attached hydrogens (tertiary/aromatic N) is 2. The summed E-state index contributed by atoms with van der Waals surface area (Å²) in [5.74, 6) is 0.451. The second-order valence-corrected chi connectivity index (χ2v) is 10.1. The Hall–Kier alpha value is -3.67. The van der Waals surface area contributed by atoms with Gasteiger partial charge in [0.05, 0.1) is 35.2 Å². The highest BCUT2D eigenvalue weighted by molar-refractivity contribution is 7.99. The van der Waals surface area contributed by atoms with Crippen LogP contribution >= 0.6 is 11.8 Å². The first kappa shape index (κ1) is 24.5. The summed E-state index contributed by atoms with van der Waals surface area (Å²) < 4.78 is 29.7. The predicted octanol–water partition coefficient (Wildman–Crippen LogP) is 2.83. The Morgan fingerprint density at radius 1 is 1.06 bits per heavy atom. The summed E-state index contributed by atoms with van der Waals surface area (Å²) >= 11 is 1.14. The summed E-state index contributed by atoms with van der Waals surface area (Å²) in [6.45, 7) is 0.143. The standard InChI is InChI=1S/C24H22N4O5S2/c1-33-18-10-8-17(9-11-18)26-22(29)15-34-24-27-21-5-3-2-4-20(21)23(30)28(24)14-16-6-12-19(13-7-16)35(25,31)32/h2-13H,14-15H2,1H3,(H,26,29)(H2,25,31,32). The summed E-state index contributed by atoms with van der Waals surface area (Å²) in [4.78, 5) is 30.4. The number of fused-ring (bicyclic) bond motifs is 1. The van der Waals surface area contributed by atoms with Gasteiger partial charge in [-0.05, 0) is 54.1 Å². The average Bonchev–Trinajstić information content (AvgIpc) is 2.85. The molecule has 3 aromatic carbocycles. The van der Waals surface area contributed by atoms with Crippen molar-refractivity contribution in [2.24, 2.45) is 5.14 Å². The molecule has 11 heteroatoms. The number of thioether (sulfide) groups is 1. The van der Waals surface area contributed by atoms with Gasteiger partial charge >= 0.3 is 0 Å². The third kappa shape index (κ3) is 5.88. The van der Waals surface area contributed by atoms with Crippen molar-refractivity contribution in [2.75, 3.05) is 18.2 Å². The first-order valence-corrected chi connectivity index (χ1v) is 13.0. The summed E-state index contributed by atoms with van der Waals surface area (Å²) in [5.41, 5.74) is 1.57. The fraction of sp³-hybridized carbons (Fsp3) is 0.125. The monoisotopic (exact) mass is 510 g/mol. The molecule has 0 fully saturated rings. The number of nitrogens with two attached hydrogens (primary N) is 1. The van der Waals surface area contributed by atoms with Crippen molar-refractivity contribution in [1.29, 1.82) is 0 Å². The lowest BCUT2D eigenvalue weighted by molar-refractivity contribution is -0.113. The van der Waals surface area contributed by atoms with E-state index in [1.54, 1.807) is 67.8 Å². The van der Waals surface area contributed by atoms with E-state index in [2.05, 4.69) is 10.3 Å². The van der Waals surface area contributed by atoms with E-state index in [1.165, 1.54) is 16.7 Å². The molecule has 4 rings (SSSR count). The van der Waals surface area contributed by atoms with Gasteiger partial charge in [0, 0.05) is 5.69 Å². The van der Waals surface area contributed by atoms with E-state index in [0.29, 0.717) is 33.1 Å². The third-order valence-electron chi connectivity index (χ3n) is 5.13. The number of aromatic nitrogens is 2. The van der Waals surface area contributed by atoms with Crippen LogP contribution in [0.2, 0.25) is 0 Å². The molecule has 35 heavy (non-hydrogen) atoms. The second kappa shape index (κ2) is 10.3. The van der Waals surface area contributed by atoms with Crippen LogP contribution in [0.15, 0.2) is 87.6 Å². The van der Waals surface area contributed by atoms with Gasteiger partial charge < -0.3 is 10.1 Å². The number of benzene rings is 3. The van der Waals surface area contributed by atoms with Crippen LogP contribution in [0.3, 0.4) is 0 Å². The largest absolute Gasteiger partial charge is 0.497 e. The molecule has 0 saturated carbocycles. The smallest absolute Gasteiger partial charge is 0.262 e. The Morgan fingerprint density at radius 3 is 2.40 bits per heavy atom. The molecule has 4 aromatic rings. The Morgan fingerprint density at radius 2 is 1.74 bits per heavy atom. The molecular formula is C24H22N4O5S2. The van der Waals surface area contributed by atoms with Crippen LogP contribution in [0.4, 0.5) is 5.69 Å². The number of methoxy groups -OCH3 is 1. The number of hydrogen-bond donors (Lipinski definition) is 2. The Kier molecular flexibility index (Phi) is 7.20. The van der Waals surface area contributed by atoms with Gasteiger partial charge in [-0.3, -0.25) is 14.2 Å².